The minimum atomic E-state index is 0.129. The van der Waals surface area contributed by atoms with E-state index < -0.39 is 0 Å². The second kappa shape index (κ2) is 4.24. The number of carbonyl (C=O) groups is 1. The summed E-state index contributed by atoms with van der Waals surface area (Å²) < 4.78 is 0. The Morgan fingerprint density at radius 3 is 2.81 bits per heavy atom. The summed E-state index contributed by atoms with van der Waals surface area (Å²) >= 11 is 1.57. The molecule has 0 saturated carbocycles. The van der Waals surface area contributed by atoms with Crippen LogP contribution in [0.5, 0.6) is 0 Å². The molecule has 0 aromatic carbocycles. The van der Waals surface area contributed by atoms with Crippen molar-refractivity contribution in [2.75, 3.05) is 32.7 Å². The fraction of sp³-hybridized carbons (Fsp3) is 0.636. The van der Waals surface area contributed by atoms with Gasteiger partial charge in [0.15, 0.2) is 5.78 Å². The number of hydrogen-bond acceptors (Lipinski definition) is 5. The molecule has 1 aromatic rings. The maximum absolute atomic E-state index is 12.2. The lowest BCUT2D eigenvalue weighted by molar-refractivity contribution is -0.128. The highest BCUT2D eigenvalue weighted by Gasteiger charge is 2.35. The van der Waals surface area contributed by atoms with Gasteiger partial charge in [0.25, 0.3) is 0 Å². The van der Waals surface area contributed by atoms with Crippen molar-refractivity contribution < 1.29 is 4.79 Å². The molecule has 4 heterocycles. The van der Waals surface area contributed by atoms with Crippen molar-refractivity contribution >= 4 is 17.1 Å². The topological polar surface area (TPSA) is 36.4 Å². The first-order valence-electron chi connectivity index (χ1n) is 5.69. The van der Waals surface area contributed by atoms with Gasteiger partial charge in [0, 0.05) is 50.2 Å². The quantitative estimate of drug-likeness (QED) is 0.755. The Balaban J connectivity index is 1.67. The molecule has 0 aliphatic carbocycles. The summed E-state index contributed by atoms with van der Waals surface area (Å²) in [5.41, 5.74) is 1.79. The van der Waals surface area contributed by atoms with Gasteiger partial charge in [-0.3, -0.25) is 19.6 Å². The molecule has 3 aliphatic heterocycles. The van der Waals surface area contributed by atoms with E-state index in [0.717, 1.165) is 37.6 Å². The highest BCUT2D eigenvalue weighted by molar-refractivity contribution is 7.09. The van der Waals surface area contributed by atoms with Gasteiger partial charge in [0.1, 0.15) is 0 Å². The lowest BCUT2D eigenvalue weighted by Gasteiger charge is -2.46. The second-order valence-electron chi connectivity index (χ2n) is 4.46. The predicted molar refractivity (Wildman–Crippen MR) is 62.6 cm³/mol. The Labute approximate surface area is 98.9 Å². The molecule has 4 nitrogen and oxygen atoms in total. The van der Waals surface area contributed by atoms with Crippen LogP contribution in [0.4, 0.5) is 0 Å². The number of hydrogen-bond donors (Lipinski definition) is 0. The number of fused-ring (bicyclic) bond motifs is 3. The molecule has 2 bridgehead atoms. The Hall–Kier alpha value is -0.780. The molecular weight excluding hydrogens is 222 g/mol. The summed E-state index contributed by atoms with van der Waals surface area (Å²) in [6, 6.07) is 0.129. The Morgan fingerprint density at radius 1 is 1.44 bits per heavy atom. The number of nitrogens with zero attached hydrogens (tertiary/aromatic N) is 3. The van der Waals surface area contributed by atoms with Gasteiger partial charge in [0.05, 0.1) is 11.6 Å². The lowest BCUT2D eigenvalue weighted by atomic mass is 10.0. The van der Waals surface area contributed by atoms with Crippen molar-refractivity contribution in [2.45, 2.75) is 12.5 Å². The molecule has 3 fully saturated rings. The highest BCUT2D eigenvalue weighted by atomic mass is 32.1. The summed E-state index contributed by atoms with van der Waals surface area (Å²) in [4.78, 5) is 22.0. The molecule has 0 radical (unpaired) electrons. The Bertz CT molecular complexity index is 371. The summed E-state index contributed by atoms with van der Waals surface area (Å²) in [7, 11) is 0. The number of rotatable bonds is 3. The van der Waals surface area contributed by atoms with E-state index in [-0.39, 0.29) is 6.04 Å². The molecule has 3 saturated heterocycles. The molecule has 1 atom stereocenters. The van der Waals surface area contributed by atoms with Crippen molar-refractivity contribution in [3.05, 3.63) is 16.6 Å². The lowest BCUT2D eigenvalue weighted by Crippen LogP contribution is -2.63. The third-order valence-electron chi connectivity index (χ3n) is 3.48. The van der Waals surface area contributed by atoms with Crippen LogP contribution in [0, 0.1) is 0 Å². The molecule has 16 heavy (non-hydrogen) atoms. The number of Topliss-reactive ketones (excluding diaryl/α,β-unsaturated/α-hetero) is 1. The van der Waals surface area contributed by atoms with Crippen molar-refractivity contribution in [3.63, 3.8) is 0 Å². The van der Waals surface area contributed by atoms with Crippen molar-refractivity contribution in [1.82, 2.24) is 14.8 Å². The molecule has 86 valence electrons. The average molecular weight is 237 g/mol. The van der Waals surface area contributed by atoms with Gasteiger partial charge in [0.2, 0.25) is 0 Å². The van der Waals surface area contributed by atoms with Crippen LogP contribution in [0.3, 0.4) is 0 Å². The van der Waals surface area contributed by atoms with Gasteiger partial charge in [-0.25, -0.2) is 0 Å². The van der Waals surface area contributed by atoms with E-state index in [9.17, 15) is 4.79 Å². The van der Waals surface area contributed by atoms with Crippen LogP contribution >= 0.6 is 11.3 Å². The minimum Gasteiger partial charge on any atom is -0.299 e. The standard InChI is InChI=1S/C11H15N3OS/c15-11(5-9-6-12-8-16-9)10-7-13-1-3-14(10)4-2-13/h6,8,10H,1-5,7H2. The van der Waals surface area contributed by atoms with E-state index in [1.165, 1.54) is 0 Å². The second-order valence-corrected chi connectivity index (χ2v) is 5.43. The predicted octanol–water partition coefficient (Wildman–Crippen LogP) is 0.254. The van der Waals surface area contributed by atoms with Gasteiger partial charge >= 0.3 is 0 Å². The molecule has 0 N–H and O–H groups in total. The smallest absolute Gasteiger partial charge is 0.156 e. The fourth-order valence-corrected chi connectivity index (χ4v) is 3.15. The molecule has 5 heteroatoms. The monoisotopic (exact) mass is 237 g/mol. The van der Waals surface area contributed by atoms with Crippen LogP contribution in [-0.4, -0.2) is 59.3 Å². The van der Waals surface area contributed by atoms with E-state index in [4.69, 9.17) is 0 Å². The van der Waals surface area contributed by atoms with Crippen molar-refractivity contribution in [2.24, 2.45) is 0 Å². The first kappa shape index (κ1) is 10.4. The number of thiazole rings is 1. The first-order valence-corrected chi connectivity index (χ1v) is 6.57. The molecule has 1 unspecified atom stereocenters. The summed E-state index contributed by atoms with van der Waals surface area (Å²) in [5, 5.41) is 0. The number of aromatic nitrogens is 1. The van der Waals surface area contributed by atoms with Crippen LogP contribution in [0.2, 0.25) is 0 Å². The van der Waals surface area contributed by atoms with Crippen molar-refractivity contribution in [1.29, 1.82) is 0 Å². The van der Waals surface area contributed by atoms with E-state index in [0.29, 0.717) is 12.2 Å². The zero-order chi connectivity index (χ0) is 11.0. The molecule has 3 aliphatic rings. The number of piperazine rings is 3. The van der Waals surface area contributed by atoms with E-state index in [1.54, 1.807) is 23.0 Å². The van der Waals surface area contributed by atoms with Gasteiger partial charge in [-0.15, -0.1) is 11.3 Å². The van der Waals surface area contributed by atoms with Gasteiger partial charge in [-0.1, -0.05) is 0 Å². The maximum atomic E-state index is 12.2. The van der Waals surface area contributed by atoms with Crippen LogP contribution in [0.15, 0.2) is 11.7 Å². The molecule has 0 amide bonds. The number of ketones is 1. The first-order chi connectivity index (χ1) is 7.83. The highest BCUT2D eigenvalue weighted by Crippen LogP contribution is 2.18. The van der Waals surface area contributed by atoms with E-state index in [2.05, 4.69) is 14.8 Å². The third-order valence-corrected chi connectivity index (χ3v) is 4.26. The molecule has 0 spiro atoms. The molecule has 4 rings (SSSR count). The SMILES string of the molecule is O=C(Cc1cncs1)C1CN2CCN1CC2. The van der Waals surface area contributed by atoms with E-state index in [1.807, 2.05) is 0 Å². The van der Waals surface area contributed by atoms with E-state index >= 15 is 0 Å². The Morgan fingerprint density at radius 2 is 2.25 bits per heavy atom. The third kappa shape index (κ3) is 1.90. The van der Waals surface area contributed by atoms with Crippen LogP contribution in [-0.2, 0) is 11.2 Å². The van der Waals surface area contributed by atoms with Crippen LogP contribution in [0.1, 0.15) is 4.88 Å². The van der Waals surface area contributed by atoms with Gasteiger partial charge in [-0.05, 0) is 0 Å². The van der Waals surface area contributed by atoms with Crippen LogP contribution < -0.4 is 0 Å². The largest absolute Gasteiger partial charge is 0.299 e. The average Bonchev–Trinajstić information content (AvgIpc) is 2.83. The minimum absolute atomic E-state index is 0.129. The maximum Gasteiger partial charge on any atom is 0.156 e. The van der Waals surface area contributed by atoms with Gasteiger partial charge < -0.3 is 0 Å². The molecule has 1 aromatic heterocycles. The summed E-state index contributed by atoms with van der Waals surface area (Å²) in [5.74, 6) is 0.355. The fourth-order valence-electron chi connectivity index (χ4n) is 2.54. The van der Waals surface area contributed by atoms with Crippen molar-refractivity contribution in [3.8, 4) is 0 Å². The normalized spacial score (nSPS) is 32.9. The summed E-state index contributed by atoms with van der Waals surface area (Å²) in [6.07, 6.45) is 2.36. The Kier molecular flexibility index (Phi) is 2.75. The van der Waals surface area contributed by atoms with Gasteiger partial charge in [-0.2, -0.15) is 0 Å². The molecular formula is C11H15N3OS. The zero-order valence-electron chi connectivity index (χ0n) is 9.13. The zero-order valence-corrected chi connectivity index (χ0v) is 9.95. The summed E-state index contributed by atoms with van der Waals surface area (Å²) in [6.45, 7) is 5.30. The van der Waals surface area contributed by atoms with Crippen LogP contribution in [0.25, 0.3) is 0 Å². The number of carbonyl (C=O) groups excluding carboxylic acids is 1.